The van der Waals surface area contributed by atoms with E-state index in [2.05, 4.69) is 15.9 Å². The van der Waals surface area contributed by atoms with Gasteiger partial charge in [-0.15, -0.1) is 0 Å². The summed E-state index contributed by atoms with van der Waals surface area (Å²) in [5.41, 5.74) is 16.6. The second-order valence-corrected chi connectivity index (χ2v) is 7.68. The molecule has 32 heavy (non-hydrogen) atoms. The van der Waals surface area contributed by atoms with Crippen LogP contribution in [0.2, 0.25) is 0 Å². The molecule has 1 unspecified atom stereocenters. The second kappa shape index (κ2) is 12.4. The number of allylic oxidation sites excluding steroid dienone is 2. The summed E-state index contributed by atoms with van der Waals surface area (Å²) >= 11 is 3.31. The number of carbonyl (C=O) groups is 3. The molecule has 0 aromatic carbocycles. The summed E-state index contributed by atoms with van der Waals surface area (Å²) in [5.74, 6) is -1.22. The standard InChI is InChI=1S/C14H14N4O2.C8H11BrN2O/c15-13(19)11-3-1-5-17(9-11)7-8-18-6-2-4-12(10-18)14(16)20;9-4-6-11-5-2-1-3-7(11)8(10)12/h1-6,9-10H,7-8H2,(H2-2,15,16,19,20);1-3,5,7H,4,6H2,(H2,10,12)/p+2. The van der Waals surface area contributed by atoms with Crippen molar-refractivity contribution < 1.29 is 23.5 Å². The lowest BCUT2D eigenvalue weighted by molar-refractivity contribution is -0.778. The Bertz CT molecular complexity index is 967. The van der Waals surface area contributed by atoms with Gasteiger partial charge in [0.05, 0.1) is 0 Å². The molecule has 3 heterocycles. The van der Waals surface area contributed by atoms with E-state index in [1.165, 1.54) is 0 Å². The highest BCUT2D eigenvalue weighted by molar-refractivity contribution is 9.09. The first-order valence-electron chi connectivity index (χ1n) is 9.85. The molecular weight excluding hydrogens is 476 g/mol. The molecule has 0 aliphatic carbocycles. The molecule has 10 heteroatoms. The number of aryl methyl sites for hydroxylation is 2. The van der Waals surface area contributed by atoms with E-state index in [9.17, 15) is 14.4 Å². The van der Waals surface area contributed by atoms with Crippen molar-refractivity contribution in [2.45, 2.75) is 19.1 Å². The first-order chi connectivity index (χ1) is 15.3. The third-order valence-electron chi connectivity index (χ3n) is 4.58. The molecule has 0 saturated heterocycles. The fourth-order valence-electron chi connectivity index (χ4n) is 2.95. The van der Waals surface area contributed by atoms with Gasteiger partial charge in [0.1, 0.15) is 17.2 Å². The van der Waals surface area contributed by atoms with Crippen molar-refractivity contribution >= 4 is 33.7 Å². The van der Waals surface area contributed by atoms with E-state index in [1.807, 2.05) is 44.8 Å². The molecule has 168 valence electrons. The average Bonchev–Trinajstić information content (AvgIpc) is 2.79. The van der Waals surface area contributed by atoms with E-state index >= 15 is 0 Å². The first kappa shape index (κ1) is 24.7. The number of rotatable bonds is 8. The molecule has 0 radical (unpaired) electrons. The fraction of sp³-hybridized carbons (Fsp3) is 0.227. The molecule has 1 aliphatic heterocycles. The Balaban J connectivity index is 0.000000258. The summed E-state index contributed by atoms with van der Waals surface area (Å²) in [4.78, 5) is 35.0. The highest BCUT2D eigenvalue weighted by Crippen LogP contribution is 2.07. The van der Waals surface area contributed by atoms with Crippen molar-refractivity contribution in [1.29, 1.82) is 0 Å². The van der Waals surface area contributed by atoms with E-state index in [-0.39, 0.29) is 11.9 Å². The Hall–Kier alpha value is -3.53. The van der Waals surface area contributed by atoms with Gasteiger partial charge in [0.15, 0.2) is 24.8 Å². The predicted molar refractivity (Wildman–Crippen MR) is 122 cm³/mol. The van der Waals surface area contributed by atoms with Crippen LogP contribution >= 0.6 is 15.9 Å². The molecule has 0 fully saturated rings. The molecule has 6 N–H and O–H groups in total. The van der Waals surface area contributed by atoms with Gasteiger partial charge in [-0.25, -0.2) is 0 Å². The summed E-state index contributed by atoms with van der Waals surface area (Å²) in [6.45, 7) is 2.08. The van der Waals surface area contributed by atoms with Crippen LogP contribution in [-0.2, 0) is 17.9 Å². The number of primary amides is 3. The number of amides is 3. The van der Waals surface area contributed by atoms with Gasteiger partial charge in [0, 0.05) is 30.2 Å². The SMILES string of the molecule is NC(=O)C1C=CC=CN1CCBr.NC(=O)c1ccc[n+](CC[n+]2cccc(C(N)=O)c2)c1. The number of nitrogens with two attached hydrogens (primary N) is 3. The van der Waals surface area contributed by atoms with Crippen LogP contribution in [0.25, 0.3) is 0 Å². The number of hydrogen-bond donors (Lipinski definition) is 3. The lowest BCUT2D eigenvalue weighted by Crippen LogP contribution is -2.44. The van der Waals surface area contributed by atoms with Gasteiger partial charge in [-0.1, -0.05) is 28.1 Å². The predicted octanol–water partition coefficient (Wildman–Crippen LogP) is -0.220. The van der Waals surface area contributed by atoms with Gasteiger partial charge in [-0.3, -0.25) is 14.4 Å². The lowest BCUT2D eigenvalue weighted by atomic mass is 10.2. The monoisotopic (exact) mass is 502 g/mol. The number of nitrogens with zero attached hydrogens (tertiary/aromatic N) is 3. The Morgan fingerprint density at radius 2 is 1.44 bits per heavy atom. The van der Waals surface area contributed by atoms with E-state index in [0.29, 0.717) is 24.2 Å². The number of alkyl halides is 1. The van der Waals surface area contributed by atoms with E-state index in [1.54, 1.807) is 42.7 Å². The quantitative estimate of drug-likeness (QED) is 0.339. The maximum Gasteiger partial charge on any atom is 0.254 e. The van der Waals surface area contributed by atoms with Crippen LogP contribution in [0.1, 0.15) is 20.7 Å². The Morgan fingerprint density at radius 1 is 0.906 bits per heavy atom. The topological polar surface area (TPSA) is 140 Å². The number of aromatic nitrogens is 2. The van der Waals surface area contributed by atoms with Crippen molar-refractivity contribution in [1.82, 2.24) is 4.90 Å². The molecule has 0 bridgehead atoms. The fourth-order valence-corrected chi connectivity index (χ4v) is 3.36. The molecule has 0 saturated carbocycles. The van der Waals surface area contributed by atoms with Gasteiger partial charge in [-0.05, 0) is 18.2 Å². The van der Waals surface area contributed by atoms with Gasteiger partial charge >= 0.3 is 0 Å². The molecule has 3 amide bonds. The molecule has 0 spiro atoms. The minimum atomic E-state index is -0.456. The summed E-state index contributed by atoms with van der Waals surface area (Å²) in [6, 6.07) is 6.58. The maximum absolute atomic E-state index is 11.1. The Kier molecular flexibility index (Phi) is 9.55. The first-order valence-corrected chi connectivity index (χ1v) is 11.0. The third-order valence-corrected chi connectivity index (χ3v) is 4.93. The zero-order valence-corrected chi connectivity index (χ0v) is 19.1. The van der Waals surface area contributed by atoms with Gasteiger partial charge in [0.25, 0.3) is 11.8 Å². The highest BCUT2D eigenvalue weighted by Gasteiger charge is 2.18. The van der Waals surface area contributed by atoms with Crippen LogP contribution in [0.5, 0.6) is 0 Å². The van der Waals surface area contributed by atoms with E-state index in [0.717, 1.165) is 11.9 Å². The average molecular weight is 503 g/mol. The highest BCUT2D eigenvalue weighted by atomic mass is 79.9. The van der Waals surface area contributed by atoms with Crippen LogP contribution < -0.4 is 26.3 Å². The van der Waals surface area contributed by atoms with Crippen molar-refractivity contribution in [3.63, 3.8) is 0 Å². The lowest BCUT2D eigenvalue weighted by Gasteiger charge is -2.26. The summed E-state index contributed by atoms with van der Waals surface area (Å²) < 4.78 is 3.73. The Morgan fingerprint density at radius 3 is 1.88 bits per heavy atom. The van der Waals surface area contributed by atoms with Crippen molar-refractivity contribution in [2.24, 2.45) is 17.2 Å². The Labute approximate surface area is 194 Å². The zero-order valence-electron chi connectivity index (χ0n) is 17.5. The molecule has 1 atom stereocenters. The van der Waals surface area contributed by atoms with Crippen LogP contribution in [0.4, 0.5) is 0 Å². The number of pyridine rings is 2. The zero-order chi connectivity index (χ0) is 23.5. The second-order valence-electron chi connectivity index (χ2n) is 6.89. The smallest absolute Gasteiger partial charge is 0.254 e. The largest absolute Gasteiger partial charge is 0.368 e. The van der Waals surface area contributed by atoms with Crippen molar-refractivity contribution in [2.75, 3.05) is 11.9 Å². The van der Waals surface area contributed by atoms with Gasteiger partial charge in [-0.2, -0.15) is 9.13 Å². The number of hydrogen-bond acceptors (Lipinski definition) is 4. The molecule has 3 rings (SSSR count). The van der Waals surface area contributed by atoms with Crippen LogP contribution in [0.15, 0.2) is 73.5 Å². The van der Waals surface area contributed by atoms with Crippen LogP contribution in [0.3, 0.4) is 0 Å². The molecule has 1 aliphatic rings. The maximum atomic E-state index is 11.1. The van der Waals surface area contributed by atoms with Crippen molar-refractivity contribution in [3.8, 4) is 0 Å². The van der Waals surface area contributed by atoms with E-state index in [4.69, 9.17) is 17.2 Å². The third kappa shape index (κ3) is 7.62. The minimum absolute atomic E-state index is 0.285. The number of halogens is 1. The summed E-state index contributed by atoms with van der Waals surface area (Å²) in [6.07, 6.45) is 14.5. The minimum Gasteiger partial charge on any atom is -0.368 e. The van der Waals surface area contributed by atoms with Gasteiger partial charge in [0.2, 0.25) is 19.0 Å². The van der Waals surface area contributed by atoms with Gasteiger partial charge < -0.3 is 22.1 Å². The molecule has 2 aromatic rings. The molecule has 9 nitrogen and oxygen atoms in total. The van der Waals surface area contributed by atoms with Crippen LogP contribution in [0, 0.1) is 0 Å². The van der Waals surface area contributed by atoms with Crippen molar-refractivity contribution in [3.05, 3.63) is 84.6 Å². The summed E-state index contributed by atoms with van der Waals surface area (Å²) in [7, 11) is 0. The molecular formula is C22H27BrN6O3+2. The number of carbonyl (C=O) groups excluding carboxylic acids is 3. The van der Waals surface area contributed by atoms with E-state index < -0.39 is 11.8 Å². The van der Waals surface area contributed by atoms with Crippen LogP contribution in [-0.4, -0.2) is 40.5 Å². The summed E-state index contributed by atoms with van der Waals surface area (Å²) in [5, 5.41) is 0.828. The normalized spacial score (nSPS) is 14.4. The molecule has 2 aromatic heterocycles.